The van der Waals surface area contributed by atoms with E-state index in [-0.39, 0.29) is 0 Å². The van der Waals surface area contributed by atoms with Gasteiger partial charge in [0.05, 0.1) is 0 Å². The summed E-state index contributed by atoms with van der Waals surface area (Å²) in [5.41, 5.74) is 7.88. The zero-order chi connectivity index (χ0) is 9.26. The molecule has 0 saturated carbocycles. The van der Waals surface area contributed by atoms with E-state index in [1.54, 1.807) is 0 Å². The number of hydrogen-bond donors (Lipinski definition) is 2. The minimum absolute atomic E-state index is 0.648. The fourth-order valence-electron chi connectivity index (χ4n) is 1.79. The fraction of sp³-hybridized carbons (Fsp3) is 0.400. The van der Waals surface area contributed by atoms with Gasteiger partial charge in [-0.15, -0.1) is 0 Å². The summed E-state index contributed by atoms with van der Waals surface area (Å²) in [4.78, 5) is 0. The van der Waals surface area contributed by atoms with Crippen LogP contribution in [-0.2, 0) is 0 Å². The van der Waals surface area contributed by atoms with Crippen LogP contribution >= 0.6 is 15.9 Å². The maximum absolute atomic E-state index is 5.68. The van der Waals surface area contributed by atoms with Gasteiger partial charge in [0, 0.05) is 16.7 Å². The molecular formula is C10H13BrN2. The third-order valence-electron chi connectivity index (χ3n) is 2.52. The van der Waals surface area contributed by atoms with Gasteiger partial charge in [0.25, 0.3) is 0 Å². The molecule has 1 heterocycles. The van der Waals surface area contributed by atoms with Gasteiger partial charge in [0.15, 0.2) is 0 Å². The van der Waals surface area contributed by atoms with Crippen molar-refractivity contribution in [1.82, 2.24) is 5.32 Å². The van der Waals surface area contributed by atoms with Gasteiger partial charge in [-0.25, -0.2) is 0 Å². The second-order valence-corrected chi connectivity index (χ2v) is 4.33. The zero-order valence-corrected chi connectivity index (χ0v) is 8.97. The Morgan fingerprint density at radius 1 is 1.46 bits per heavy atom. The number of benzene rings is 1. The number of nitrogen functional groups attached to an aromatic ring is 1. The second-order valence-electron chi connectivity index (χ2n) is 3.47. The molecule has 70 valence electrons. The summed E-state index contributed by atoms with van der Waals surface area (Å²) in [6.07, 6.45) is 1.22. The van der Waals surface area contributed by atoms with Crippen LogP contribution in [0.2, 0.25) is 0 Å². The lowest BCUT2D eigenvalue weighted by molar-refractivity contribution is 0.760. The molecule has 3 heteroatoms. The number of anilines is 1. The van der Waals surface area contributed by atoms with E-state index in [4.69, 9.17) is 5.73 Å². The van der Waals surface area contributed by atoms with Gasteiger partial charge >= 0.3 is 0 Å². The standard InChI is InChI=1S/C10H13BrN2/c11-10-5-8(12)1-2-9(10)7-3-4-13-6-7/h1-2,5,7,13H,3-4,6,12H2. The third kappa shape index (κ3) is 1.86. The highest BCUT2D eigenvalue weighted by Crippen LogP contribution is 2.30. The van der Waals surface area contributed by atoms with Crippen LogP contribution < -0.4 is 11.1 Å². The van der Waals surface area contributed by atoms with Crippen molar-refractivity contribution in [2.45, 2.75) is 12.3 Å². The topological polar surface area (TPSA) is 38.0 Å². The van der Waals surface area contributed by atoms with E-state index >= 15 is 0 Å². The van der Waals surface area contributed by atoms with Gasteiger partial charge in [0.1, 0.15) is 0 Å². The molecule has 3 N–H and O–H groups in total. The molecule has 0 radical (unpaired) electrons. The van der Waals surface area contributed by atoms with E-state index in [2.05, 4.69) is 27.3 Å². The van der Waals surface area contributed by atoms with Crippen LogP contribution in [0.15, 0.2) is 22.7 Å². The van der Waals surface area contributed by atoms with E-state index in [1.165, 1.54) is 12.0 Å². The van der Waals surface area contributed by atoms with Crippen molar-refractivity contribution >= 4 is 21.6 Å². The molecule has 0 aromatic heterocycles. The van der Waals surface area contributed by atoms with Crippen LogP contribution in [0.1, 0.15) is 17.9 Å². The summed E-state index contributed by atoms with van der Waals surface area (Å²) in [7, 11) is 0. The number of nitrogens with two attached hydrogens (primary N) is 1. The first-order valence-corrected chi connectivity index (χ1v) is 5.32. The van der Waals surface area contributed by atoms with Crippen LogP contribution in [0, 0.1) is 0 Å². The quantitative estimate of drug-likeness (QED) is 0.739. The largest absolute Gasteiger partial charge is 0.399 e. The molecule has 1 unspecified atom stereocenters. The molecule has 0 amide bonds. The van der Waals surface area contributed by atoms with Crippen molar-refractivity contribution < 1.29 is 0 Å². The van der Waals surface area contributed by atoms with E-state index < -0.39 is 0 Å². The van der Waals surface area contributed by atoms with Crippen molar-refractivity contribution in [2.24, 2.45) is 0 Å². The highest BCUT2D eigenvalue weighted by molar-refractivity contribution is 9.10. The van der Waals surface area contributed by atoms with E-state index in [9.17, 15) is 0 Å². The van der Waals surface area contributed by atoms with E-state index in [0.29, 0.717) is 5.92 Å². The summed E-state index contributed by atoms with van der Waals surface area (Å²) in [6.45, 7) is 2.21. The Kier molecular flexibility index (Phi) is 2.56. The van der Waals surface area contributed by atoms with Gasteiger partial charge in [0.2, 0.25) is 0 Å². The molecule has 2 nitrogen and oxygen atoms in total. The Labute approximate surface area is 86.6 Å². The van der Waals surface area contributed by atoms with Gasteiger partial charge < -0.3 is 11.1 Å². The van der Waals surface area contributed by atoms with Gasteiger partial charge in [-0.05, 0) is 36.6 Å². The van der Waals surface area contributed by atoms with Crippen molar-refractivity contribution in [3.05, 3.63) is 28.2 Å². The van der Waals surface area contributed by atoms with Gasteiger partial charge in [-0.2, -0.15) is 0 Å². The monoisotopic (exact) mass is 240 g/mol. The van der Waals surface area contributed by atoms with Gasteiger partial charge in [-0.3, -0.25) is 0 Å². The highest BCUT2D eigenvalue weighted by atomic mass is 79.9. The molecule has 2 rings (SSSR count). The molecule has 0 bridgehead atoms. The van der Waals surface area contributed by atoms with E-state index in [0.717, 1.165) is 23.2 Å². The van der Waals surface area contributed by atoms with Crippen LogP contribution in [0.4, 0.5) is 5.69 Å². The summed E-state index contributed by atoms with van der Waals surface area (Å²) in [5, 5.41) is 3.36. The lowest BCUT2D eigenvalue weighted by Crippen LogP contribution is -2.08. The lowest BCUT2D eigenvalue weighted by atomic mass is 9.98. The Morgan fingerprint density at radius 2 is 2.31 bits per heavy atom. The first-order chi connectivity index (χ1) is 6.27. The highest BCUT2D eigenvalue weighted by Gasteiger charge is 2.18. The normalized spacial score (nSPS) is 22.1. The maximum Gasteiger partial charge on any atom is 0.0325 e. The number of hydrogen-bond acceptors (Lipinski definition) is 2. The smallest absolute Gasteiger partial charge is 0.0325 e. The minimum Gasteiger partial charge on any atom is -0.399 e. The van der Waals surface area contributed by atoms with Gasteiger partial charge in [-0.1, -0.05) is 22.0 Å². The first-order valence-electron chi connectivity index (χ1n) is 4.53. The predicted molar refractivity (Wildman–Crippen MR) is 58.8 cm³/mol. The Balaban J connectivity index is 2.29. The molecule has 0 aliphatic carbocycles. The predicted octanol–water partition coefficient (Wildman–Crippen LogP) is 2.11. The minimum atomic E-state index is 0.648. The molecule has 1 aromatic rings. The summed E-state index contributed by atoms with van der Waals surface area (Å²) in [6, 6.07) is 6.07. The molecule has 1 atom stereocenters. The SMILES string of the molecule is Nc1ccc(C2CCNC2)c(Br)c1. The van der Waals surface area contributed by atoms with Crippen molar-refractivity contribution in [3.8, 4) is 0 Å². The molecule has 1 aliphatic heterocycles. The molecular weight excluding hydrogens is 228 g/mol. The maximum atomic E-state index is 5.68. The van der Waals surface area contributed by atoms with Crippen molar-refractivity contribution in [2.75, 3.05) is 18.8 Å². The average molecular weight is 241 g/mol. The molecule has 1 saturated heterocycles. The van der Waals surface area contributed by atoms with Crippen LogP contribution in [-0.4, -0.2) is 13.1 Å². The number of halogens is 1. The second kappa shape index (κ2) is 3.68. The zero-order valence-electron chi connectivity index (χ0n) is 7.39. The molecule has 1 fully saturated rings. The van der Waals surface area contributed by atoms with Crippen LogP contribution in [0.25, 0.3) is 0 Å². The number of rotatable bonds is 1. The van der Waals surface area contributed by atoms with E-state index in [1.807, 2.05) is 12.1 Å². The van der Waals surface area contributed by atoms with Crippen LogP contribution in [0.3, 0.4) is 0 Å². The third-order valence-corrected chi connectivity index (χ3v) is 3.21. The molecule has 1 aliphatic rings. The average Bonchev–Trinajstić information content (AvgIpc) is 2.56. The lowest BCUT2D eigenvalue weighted by Gasteiger charge is -2.11. The summed E-state index contributed by atoms with van der Waals surface area (Å²) >= 11 is 3.55. The summed E-state index contributed by atoms with van der Waals surface area (Å²) in [5.74, 6) is 0.648. The molecule has 1 aromatic carbocycles. The Morgan fingerprint density at radius 3 is 2.92 bits per heavy atom. The number of nitrogens with one attached hydrogen (secondary N) is 1. The van der Waals surface area contributed by atoms with Crippen molar-refractivity contribution in [1.29, 1.82) is 0 Å². The first kappa shape index (κ1) is 9.03. The summed E-state index contributed by atoms with van der Waals surface area (Å²) < 4.78 is 1.14. The Hall–Kier alpha value is -0.540. The van der Waals surface area contributed by atoms with Crippen LogP contribution in [0.5, 0.6) is 0 Å². The Bertz CT molecular complexity index is 306. The molecule has 13 heavy (non-hydrogen) atoms. The fourth-order valence-corrected chi connectivity index (χ4v) is 2.51. The molecule has 0 spiro atoms. The van der Waals surface area contributed by atoms with Crippen molar-refractivity contribution in [3.63, 3.8) is 0 Å².